The first-order chi connectivity index (χ1) is 15.6. The Hall–Kier alpha value is -3.34. The maximum atomic E-state index is 13.4. The van der Waals surface area contributed by atoms with Crippen molar-refractivity contribution in [3.63, 3.8) is 0 Å². The molecular weight excluding hydrogens is 430 g/mol. The highest BCUT2D eigenvalue weighted by Crippen LogP contribution is 2.44. The third-order valence-corrected chi connectivity index (χ3v) is 6.64. The number of hydrogen-bond acceptors (Lipinski definition) is 7. The topological polar surface area (TPSA) is 116 Å². The maximum Gasteiger partial charge on any atom is 0.333 e. The van der Waals surface area contributed by atoms with Gasteiger partial charge < -0.3 is 10.1 Å². The number of aromatic nitrogens is 2. The van der Waals surface area contributed by atoms with E-state index in [9.17, 15) is 14.4 Å². The van der Waals surface area contributed by atoms with E-state index < -0.39 is 6.03 Å². The summed E-state index contributed by atoms with van der Waals surface area (Å²) in [5, 5.41) is 11.9. The Morgan fingerprint density at radius 2 is 2.00 bits per heavy atom. The number of ether oxygens (including phenoxy) is 1. The average Bonchev–Trinajstić information content (AvgIpc) is 3.51. The Bertz CT molecular complexity index is 1220. The van der Waals surface area contributed by atoms with Crippen molar-refractivity contribution >= 4 is 34.6 Å². The zero-order valence-electron chi connectivity index (χ0n) is 17.4. The second kappa shape index (κ2) is 8.30. The van der Waals surface area contributed by atoms with Crippen molar-refractivity contribution in [1.82, 2.24) is 20.6 Å². The van der Waals surface area contributed by atoms with E-state index in [4.69, 9.17) is 4.74 Å². The number of rotatable bonds is 5. The molecular formula is C22H21N5O4S. The molecule has 3 heterocycles. The molecule has 1 aliphatic heterocycles. The van der Waals surface area contributed by atoms with Crippen LogP contribution in [-0.4, -0.2) is 59.1 Å². The monoisotopic (exact) mass is 451 g/mol. The van der Waals surface area contributed by atoms with Crippen LogP contribution in [0.25, 0.3) is 21.8 Å². The lowest BCUT2D eigenvalue weighted by Crippen LogP contribution is -2.49. The number of hydrazine groups is 1. The zero-order chi connectivity index (χ0) is 22.2. The van der Waals surface area contributed by atoms with E-state index >= 15 is 0 Å². The zero-order valence-corrected chi connectivity index (χ0v) is 18.2. The smallest absolute Gasteiger partial charge is 0.333 e. The largest absolute Gasteiger partial charge is 0.379 e. The molecule has 0 atom stereocenters. The number of ketones is 2. The number of carbonyl (C=O) groups is 3. The number of fused-ring (bicyclic) bond motifs is 3. The van der Waals surface area contributed by atoms with Crippen LogP contribution in [0.3, 0.4) is 0 Å². The minimum absolute atomic E-state index is 0.0563. The molecule has 3 N–H and O–H groups in total. The second-order valence-electron chi connectivity index (χ2n) is 7.49. The molecule has 2 aromatic heterocycles. The number of amides is 2. The predicted molar refractivity (Wildman–Crippen MR) is 120 cm³/mol. The van der Waals surface area contributed by atoms with Crippen molar-refractivity contribution in [2.75, 3.05) is 31.6 Å². The number of nitrogens with zero attached hydrogens (tertiary/aromatic N) is 2. The molecule has 1 saturated heterocycles. The number of carbonyl (C=O) groups excluding carboxylic acids is 3. The van der Waals surface area contributed by atoms with Gasteiger partial charge in [0.25, 0.3) is 0 Å². The van der Waals surface area contributed by atoms with Crippen molar-refractivity contribution in [1.29, 1.82) is 0 Å². The molecule has 32 heavy (non-hydrogen) atoms. The Kier molecular flexibility index (Phi) is 5.33. The lowest BCUT2D eigenvalue weighted by molar-refractivity contribution is 0.0207. The lowest BCUT2D eigenvalue weighted by Gasteiger charge is -2.27. The summed E-state index contributed by atoms with van der Waals surface area (Å²) in [5.41, 5.74) is 5.93. The molecule has 0 saturated carbocycles. The molecule has 9 nitrogen and oxygen atoms in total. The van der Waals surface area contributed by atoms with Gasteiger partial charge in [0, 0.05) is 25.1 Å². The molecule has 164 valence electrons. The number of benzene rings is 1. The molecule has 3 aromatic rings. The van der Waals surface area contributed by atoms with Crippen LogP contribution in [0.1, 0.15) is 38.9 Å². The van der Waals surface area contributed by atoms with Gasteiger partial charge in [-0.1, -0.05) is 19.1 Å². The molecule has 1 aromatic carbocycles. The first-order valence-corrected chi connectivity index (χ1v) is 11.2. The number of urea groups is 1. The van der Waals surface area contributed by atoms with Crippen LogP contribution in [-0.2, 0) is 4.74 Å². The second-order valence-corrected chi connectivity index (χ2v) is 8.57. The Morgan fingerprint density at radius 3 is 2.78 bits per heavy atom. The first-order valence-electron chi connectivity index (χ1n) is 10.4. The van der Waals surface area contributed by atoms with E-state index in [0.717, 1.165) is 4.88 Å². The molecule has 5 rings (SSSR count). The maximum absolute atomic E-state index is 13.4. The normalized spacial score (nSPS) is 15.3. The Balaban J connectivity index is 1.42. The molecule has 2 amide bonds. The highest BCUT2D eigenvalue weighted by atomic mass is 32.1. The number of morpholine rings is 1. The fourth-order valence-corrected chi connectivity index (χ4v) is 4.94. The van der Waals surface area contributed by atoms with Gasteiger partial charge in [0.1, 0.15) is 5.69 Å². The van der Waals surface area contributed by atoms with E-state index in [-0.39, 0.29) is 11.6 Å². The van der Waals surface area contributed by atoms with E-state index in [2.05, 4.69) is 20.9 Å². The summed E-state index contributed by atoms with van der Waals surface area (Å²) < 4.78 is 5.28. The number of thiophene rings is 1. The van der Waals surface area contributed by atoms with Crippen LogP contribution >= 0.6 is 11.3 Å². The number of nitrogens with one attached hydrogen (secondary N) is 3. The van der Waals surface area contributed by atoms with E-state index in [1.54, 1.807) is 23.2 Å². The van der Waals surface area contributed by atoms with Gasteiger partial charge in [-0.3, -0.25) is 20.1 Å². The standard InChI is InChI=1S/C22H21N5O4S/c1-2-14(28)15-6-7-16(32-15)20-18-19(24-25-20)12-4-3-5-13(17(12)21(18)29)23-22(30)26-27-8-10-31-11-9-27/h3-7H,2,8-11H2,1H3,(H,24,25)(H2,23,26,30). The van der Waals surface area contributed by atoms with Crippen LogP contribution in [0.2, 0.25) is 0 Å². The number of H-pyrrole nitrogens is 1. The van der Waals surface area contributed by atoms with Gasteiger partial charge in [0.15, 0.2) is 11.6 Å². The number of Topliss-reactive ketones (excluding diaryl/α,β-unsaturated/α-hetero) is 1. The summed E-state index contributed by atoms with van der Waals surface area (Å²) in [6, 6.07) is 8.49. The highest BCUT2D eigenvalue weighted by Gasteiger charge is 2.35. The third-order valence-electron chi connectivity index (χ3n) is 5.51. The van der Waals surface area contributed by atoms with E-state index in [0.29, 0.717) is 71.4 Å². The van der Waals surface area contributed by atoms with Crippen LogP contribution < -0.4 is 10.7 Å². The third kappa shape index (κ3) is 3.52. The predicted octanol–water partition coefficient (Wildman–Crippen LogP) is 3.31. The molecule has 0 bridgehead atoms. The van der Waals surface area contributed by atoms with Crippen molar-refractivity contribution in [3.8, 4) is 21.8 Å². The Labute approximate surface area is 187 Å². The summed E-state index contributed by atoms with van der Waals surface area (Å²) >= 11 is 1.32. The van der Waals surface area contributed by atoms with Gasteiger partial charge in [0.05, 0.1) is 45.5 Å². The van der Waals surface area contributed by atoms with Crippen molar-refractivity contribution in [3.05, 3.63) is 46.3 Å². The van der Waals surface area contributed by atoms with E-state index in [1.807, 2.05) is 19.1 Å². The van der Waals surface area contributed by atoms with Crippen LogP contribution in [0.5, 0.6) is 0 Å². The van der Waals surface area contributed by atoms with Gasteiger partial charge >= 0.3 is 6.03 Å². The van der Waals surface area contributed by atoms with Gasteiger partial charge in [-0.2, -0.15) is 5.10 Å². The molecule has 0 unspecified atom stereocenters. The number of aromatic amines is 1. The molecule has 2 aliphatic rings. The van der Waals surface area contributed by atoms with Gasteiger partial charge in [-0.15, -0.1) is 11.3 Å². The SMILES string of the molecule is CCC(=O)c1ccc(-c2n[nH]c3c2C(=O)c2c(NC(=O)NN4CCOCC4)cccc2-3)s1. The van der Waals surface area contributed by atoms with E-state index in [1.165, 1.54) is 11.3 Å². The molecule has 0 radical (unpaired) electrons. The fourth-order valence-electron chi connectivity index (χ4n) is 3.93. The van der Waals surface area contributed by atoms with Crippen molar-refractivity contribution < 1.29 is 19.1 Å². The summed E-state index contributed by atoms with van der Waals surface area (Å²) in [5.74, 6) is -0.154. The summed E-state index contributed by atoms with van der Waals surface area (Å²) in [6.45, 7) is 4.12. The quantitative estimate of drug-likeness (QED) is 0.401. The fraction of sp³-hybridized carbons (Fsp3) is 0.273. The summed E-state index contributed by atoms with van der Waals surface area (Å²) in [4.78, 5) is 39.3. The van der Waals surface area contributed by atoms with Crippen LogP contribution in [0.15, 0.2) is 30.3 Å². The van der Waals surface area contributed by atoms with Crippen molar-refractivity contribution in [2.24, 2.45) is 0 Å². The highest BCUT2D eigenvalue weighted by molar-refractivity contribution is 7.17. The number of hydrogen-bond donors (Lipinski definition) is 3. The first kappa shape index (κ1) is 20.6. The average molecular weight is 452 g/mol. The van der Waals surface area contributed by atoms with Gasteiger partial charge in [-0.25, -0.2) is 9.80 Å². The van der Waals surface area contributed by atoms with Crippen molar-refractivity contribution in [2.45, 2.75) is 13.3 Å². The Morgan fingerprint density at radius 1 is 1.19 bits per heavy atom. The lowest BCUT2D eigenvalue weighted by atomic mass is 10.1. The number of anilines is 1. The summed E-state index contributed by atoms with van der Waals surface area (Å²) in [6.07, 6.45) is 0.421. The molecule has 0 spiro atoms. The molecule has 1 fully saturated rings. The molecule has 10 heteroatoms. The van der Waals surface area contributed by atoms with Gasteiger partial charge in [-0.05, 0) is 18.2 Å². The van der Waals surface area contributed by atoms with Crippen LogP contribution in [0, 0.1) is 0 Å². The summed E-state index contributed by atoms with van der Waals surface area (Å²) in [7, 11) is 0. The van der Waals surface area contributed by atoms with Gasteiger partial charge in [0.2, 0.25) is 0 Å². The minimum atomic E-state index is -0.414. The van der Waals surface area contributed by atoms with Crippen LogP contribution in [0.4, 0.5) is 10.5 Å². The minimum Gasteiger partial charge on any atom is -0.379 e. The molecule has 1 aliphatic carbocycles.